The van der Waals surface area contributed by atoms with E-state index in [0.717, 1.165) is 0 Å². The van der Waals surface area contributed by atoms with Crippen molar-refractivity contribution >= 4 is 41.3 Å². The summed E-state index contributed by atoms with van der Waals surface area (Å²) in [6.45, 7) is 5.42. The maximum atomic E-state index is 2.36. The summed E-state index contributed by atoms with van der Waals surface area (Å²) in [5.74, 6) is 0. The first-order chi connectivity index (χ1) is 6.77. The third-order valence-electron chi connectivity index (χ3n) is 2.72. The van der Waals surface area contributed by atoms with Crippen LogP contribution in [0.1, 0.15) is 0 Å². The molecule has 0 N–H and O–H groups in total. The molecule has 0 bridgehead atoms. The van der Waals surface area contributed by atoms with Crippen molar-refractivity contribution in [1.29, 1.82) is 0 Å². The minimum absolute atomic E-state index is 0.501. The first-order valence-corrected chi connectivity index (χ1v) is 14.1. The summed E-state index contributed by atoms with van der Waals surface area (Å²) in [5.41, 5.74) is 0. The van der Waals surface area contributed by atoms with Gasteiger partial charge in [0.1, 0.15) is 0 Å². The summed E-state index contributed by atoms with van der Waals surface area (Å²) in [6.07, 6.45) is 0. The van der Waals surface area contributed by atoms with Crippen LogP contribution in [0.2, 0.25) is 28.5 Å². The Morgan fingerprint density at radius 3 is 1.40 bits per heavy atom. The van der Waals surface area contributed by atoms with Gasteiger partial charge in [-0.15, -0.1) is 0 Å². The second-order valence-electron chi connectivity index (χ2n) is 4.88. The maximum absolute atomic E-state index is 2.36. The molecular weight excluding hydrogens is 289 g/mol. The average molecular weight is 313 g/mol. The van der Waals surface area contributed by atoms with Gasteiger partial charge in [0.25, 0.3) is 21.5 Å². The van der Waals surface area contributed by atoms with Crippen molar-refractivity contribution in [3.05, 3.63) is 0 Å². The zero-order valence-corrected chi connectivity index (χ0v) is 14.4. The second-order valence-corrected chi connectivity index (χ2v) is 13.4. The van der Waals surface area contributed by atoms with Crippen LogP contribution in [0.5, 0.6) is 0 Å². The molecule has 0 aromatic rings. The molecule has 0 atom stereocenters. The van der Waals surface area contributed by atoms with Crippen LogP contribution < -0.4 is 0 Å². The van der Waals surface area contributed by atoms with E-state index in [1.54, 1.807) is 0 Å². The summed E-state index contributed by atoms with van der Waals surface area (Å²) in [5, 5.41) is 0. The number of nitrogens with zero attached hydrogens (tertiary/aromatic N) is 3. The Bertz CT molecular complexity index is 168. The van der Waals surface area contributed by atoms with Crippen molar-refractivity contribution in [2.24, 2.45) is 0 Å². The number of hydrogen-bond acceptors (Lipinski definition) is 3. The monoisotopic (exact) mass is 315 g/mol. The van der Waals surface area contributed by atoms with Gasteiger partial charge < -0.3 is 14.2 Å². The minimum atomic E-state index is -0.543. The van der Waals surface area contributed by atoms with E-state index in [9.17, 15) is 0 Å². The fraction of sp³-hybridized carbons (Fsp3) is 1.00. The zero-order valence-electron chi connectivity index (χ0n) is 11.6. The Labute approximate surface area is 105 Å². The van der Waals surface area contributed by atoms with E-state index in [1.165, 1.54) is 0 Å². The van der Waals surface area contributed by atoms with E-state index >= 15 is 0 Å². The van der Waals surface area contributed by atoms with Crippen molar-refractivity contribution in [1.82, 2.24) is 14.2 Å². The van der Waals surface area contributed by atoms with Gasteiger partial charge in [0.2, 0.25) is 0 Å². The van der Waals surface area contributed by atoms with Crippen LogP contribution in [0.3, 0.4) is 0 Å². The molecule has 1 aliphatic heterocycles. The summed E-state index contributed by atoms with van der Waals surface area (Å²) in [4.78, 5) is 7.09. The standard InChI is InChI=1S/C5H15B3N3.3CH3.Sn/c1-7-9(3)6-10(4)8(2)11(7)5;;;;/h1-5H3;3*1H3;. The van der Waals surface area contributed by atoms with E-state index in [1.807, 2.05) is 0 Å². The van der Waals surface area contributed by atoms with Gasteiger partial charge >= 0.3 is 34.6 Å². The Kier molecular flexibility index (Phi) is 7.67. The van der Waals surface area contributed by atoms with Crippen molar-refractivity contribution in [3.8, 4) is 0 Å². The van der Waals surface area contributed by atoms with Crippen molar-refractivity contribution in [2.75, 3.05) is 21.1 Å². The summed E-state index contributed by atoms with van der Waals surface area (Å²) in [6, 6.07) is 0. The molecule has 1 heterocycles. The summed E-state index contributed by atoms with van der Waals surface area (Å²) in [7, 11) is 8.50. The van der Waals surface area contributed by atoms with E-state index < -0.39 is 19.8 Å². The van der Waals surface area contributed by atoms with Gasteiger partial charge in [-0.05, 0) is 21.1 Å². The molecule has 2 radical (unpaired) electrons. The molecular formula is C8H24B3N3Sn. The molecule has 1 fully saturated rings. The molecule has 1 rings (SSSR count). The normalized spacial score (nSPS) is 20.1. The Morgan fingerprint density at radius 1 is 0.867 bits per heavy atom. The zero-order chi connectivity index (χ0) is 12.2. The quantitative estimate of drug-likeness (QED) is 0.616. The van der Waals surface area contributed by atoms with E-state index in [-0.39, 0.29) is 0 Å². The van der Waals surface area contributed by atoms with Crippen LogP contribution >= 0.6 is 0 Å². The Morgan fingerprint density at radius 2 is 1.13 bits per heavy atom. The molecule has 0 amide bonds. The van der Waals surface area contributed by atoms with E-state index in [0.29, 0.717) is 14.0 Å². The first kappa shape index (κ1) is 15.9. The van der Waals surface area contributed by atoms with Crippen molar-refractivity contribution < 1.29 is 0 Å². The van der Waals surface area contributed by atoms with Crippen LogP contribution in [0.4, 0.5) is 0 Å². The third-order valence-corrected chi connectivity index (χ3v) is 2.72. The van der Waals surface area contributed by atoms with Crippen LogP contribution in [0.25, 0.3) is 0 Å². The first-order valence-electron chi connectivity index (χ1n) is 5.55. The molecule has 1 aliphatic rings. The van der Waals surface area contributed by atoms with Gasteiger partial charge in [-0.2, -0.15) is 0 Å². The fourth-order valence-corrected chi connectivity index (χ4v) is 1.37. The van der Waals surface area contributed by atoms with Crippen LogP contribution in [-0.2, 0) is 0 Å². The predicted octanol–water partition coefficient (Wildman–Crippen LogP) is 0.936. The summed E-state index contributed by atoms with van der Waals surface area (Å²) < 4.78 is 6.75. The second kappa shape index (κ2) is 7.25. The van der Waals surface area contributed by atoms with Crippen LogP contribution in [0.15, 0.2) is 0 Å². The van der Waals surface area contributed by atoms with Gasteiger partial charge in [0.15, 0.2) is 0 Å². The third kappa shape index (κ3) is 5.66. The Balaban J connectivity index is 0.000000423. The van der Waals surface area contributed by atoms with Crippen molar-refractivity contribution in [3.63, 3.8) is 0 Å². The molecule has 3 nitrogen and oxygen atoms in total. The molecule has 0 aromatic carbocycles. The molecule has 15 heavy (non-hydrogen) atoms. The van der Waals surface area contributed by atoms with Gasteiger partial charge in [0, 0.05) is 0 Å². The molecule has 1 saturated heterocycles. The molecule has 0 aliphatic carbocycles. The van der Waals surface area contributed by atoms with Gasteiger partial charge in [-0.25, -0.2) is 0 Å². The molecule has 7 heteroatoms. The predicted molar refractivity (Wildman–Crippen MR) is 75.6 cm³/mol. The SMILES string of the molecule is CB1N(C)[B]N(C)B(C)N1C.[CH3][Sn]([CH3])[CH3]. The number of rotatable bonds is 0. The van der Waals surface area contributed by atoms with E-state index in [2.05, 4.69) is 71.3 Å². The molecule has 0 spiro atoms. The van der Waals surface area contributed by atoms with Crippen LogP contribution in [0, 0.1) is 0 Å². The topological polar surface area (TPSA) is 9.72 Å². The van der Waals surface area contributed by atoms with Gasteiger partial charge in [-0.3, -0.25) is 0 Å². The number of hydrogen-bond donors (Lipinski definition) is 0. The van der Waals surface area contributed by atoms with E-state index in [4.69, 9.17) is 0 Å². The fourth-order valence-electron chi connectivity index (χ4n) is 1.37. The summed E-state index contributed by atoms with van der Waals surface area (Å²) >= 11 is -0.543. The Hall–Kier alpha value is 0.874. The van der Waals surface area contributed by atoms with Crippen LogP contribution in [-0.4, -0.2) is 76.6 Å². The molecule has 0 aromatic heterocycles. The molecule has 84 valence electrons. The average Bonchev–Trinajstić information content (AvgIpc) is 2.11. The molecule has 0 unspecified atom stereocenters. The molecule has 0 saturated carbocycles. The van der Waals surface area contributed by atoms with Crippen molar-refractivity contribution in [2.45, 2.75) is 28.5 Å². The van der Waals surface area contributed by atoms with Gasteiger partial charge in [-0.1, -0.05) is 13.6 Å². The van der Waals surface area contributed by atoms with Gasteiger partial charge in [0.05, 0.1) is 0 Å².